The number of esters is 1. The van der Waals surface area contributed by atoms with Gasteiger partial charge in [-0.2, -0.15) is 11.8 Å². The Morgan fingerprint density at radius 2 is 2.05 bits per heavy atom. The molecule has 1 aliphatic rings. The van der Waals surface area contributed by atoms with Gasteiger partial charge in [-0.25, -0.2) is 0 Å². The Morgan fingerprint density at radius 3 is 2.81 bits per heavy atom. The summed E-state index contributed by atoms with van der Waals surface area (Å²) in [4.78, 5) is 22.7. The van der Waals surface area contributed by atoms with Gasteiger partial charge in [0.05, 0.1) is 19.3 Å². The molecule has 1 heterocycles. The zero-order valence-corrected chi connectivity index (χ0v) is 12.5. The second-order valence-corrected chi connectivity index (χ2v) is 5.39. The van der Waals surface area contributed by atoms with Gasteiger partial charge in [0.1, 0.15) is 13.2 Å². The molecule has 1 aliphatic heterocycles. The van der Waals surface area contributed by atoms with Crippen LogP contribution in [0.15, 0.2) is 18.2 Å². The molecule has 7 heteroatoms. The molecule has 0 fully saturated rings. The van der Waals surface area contributed by atoms with Gasteiger partial charge >= 0.3 is 5.97 Å². The minimum absolute atomic E-state index is 0.124. The van der Waals surface area contributed by atoms with Crippen LogP contribution in [-0.2, 0) is 14.3 Å². The maximum absolute atomic E-state index is 11.8. The summed E-state index contributed by atoms with van der Waals surface area (Å²) >= 11 is 1.38. The van der Waals surface area contributed by atoms with Gasteiger partial charge in [0.15, 0.2) is 11.5 Å². The zero-order chi connectivity index (χ0) is 15.1. The topological polar surface area (TPSA) is 73.9 Å². The highest BCUT2D eigenvalue weighted by atomic mass is 32.2. The number of carbonyl (C=O) groups excluding carboxylic acids is 2. The lowest BCUT2D eigenvalue weighted by Crippen LogP contribution is -2.17. The van der Waals surface area contributed by atoms with Gasteiger partial charge in [-0.3, -0.25) is 9.59 Å². The van der Waals surface area contributed by atoms with Gasteiger partial charge < -0.3 is 19.5 Å². The zero-order valence-electron chi connectivity index (χ0n) is 11.7. The largest absolute Gasteiger partial charge is 0.486 e. The lowest BCUT2D eigenvalue weighted by Gasteiger charge is -2.19. The van der Waals surface area contributed by atoms with Gasteiger partial charge in [0, 0.05) is 17.5 Å². The van der Waals surface area contributed by atoms with Crippen molar-refractivity contribution in [1.82, 2.24) is 0 Å². The van der Waals surface area contributed by atoms with Crippen LogP contribution in [0.2, 0.25) is 0 Å². The van der Waals surface area contributed by atoms with Crippen molar-refractivity contribution in [3.05, 3.63) is 18.2 Å². The van der Waals surface area contributed by atoms with Crippen LogP contribution in [0.4, 0.5) is 5.69 Å². The average molecular weight is 311 g/mol. The molecule has 21 heavy (non-hydrogen) atoms. The van der Waals surface area contributed by atoms with E-state index in [-0.39, 0.29) is 17.6 Å². The van der Waals surface area contributed by atoms with E-state index in [0.717, 1.165) is 0 Å². The Kier molecular flexibility index (Phi) is 5.74. The van der Waals surface area contributed by atoms with Crippen molar-refractivity contribution in [3.63, 3.8) is 0 Å². The fourth-order valence-electron chi connectivity index (χ4n) is 1.74. The van der Waals surface area contributed by atoms with E-state index in [2.05, 4.69) is 10.1 Å². The van der Waals surface area contributed by atoms with Gasteiger partial charge in [-0.1, -0.05) is 0 Å². The second-order valence-electron chi connectivity index (χ2n) is 4.29. The molecule has 114 valence electrons. The molecule has 0 atom stereocenters. The van der Waals surface area contributed by atoms with Crippen molar-refractivity contribution in [2.45, 2.75) is 6.42 Å². The lowest BCUT2D eigenvalue weighted by atomic mass is 10.2. The van der Waals surface area contributed by atoms with Crippen LogP contribution in [0.1, 0.15) is 6.42 Å². The first-order valence-corrected chi connectivity index (χ1v) is 7.68. The summed E-state index contributed by atoms with van der Waals surface area (Å²) in [5.41, 5.74) is 0.665. The molecule has 0 spiro atoms. The van der Waals surface area contributed by atoms with E-state index in [9.17, 15) is 9.59 Å². The summed E-state index contributed by atoms with van der Waals surface area (Å²) in [6.07, 6.45) is 0.304. The summed E-state index contributed by atoms with van der Waals surface area (Å²) in [5, 5.41) is 2.78. The summed E-state index contributed by atoms with van der Waals surface area (Å²) < 4.78 is 15.4. The number of anilines is 1. The molecule has 0 aliphatic carbocycles. The molecule has 0 unspecified atom stereocenters. The number of benzene rings is 1. The monoisotopic (exact) mass is 311 g/mol. The van der Waals surface area contributed by atoms with Crippen molar-refractivity contribution in [2.24, 2.45) is 0 Å². The van der Waals surface area contributed by atoms with Crippen molar-refractivity contribution < 1.29 is 23.8 Å². The van der Waals surface area contributed by atoms with Gasteiger partial charge in [-0.05, 0) is 12.1 Å². The number of rotatable bonds is 6. The maximum Gasteiger partial charge on any atom is 0.306 e. The van der Waals surface area contributed by atoms with E-state index in [0.29, 0.717) is 42.6 Å². The van der Waals surface area contributed by atoms with Gasteiger partial charge in [0.25, 0.3) is 0 Å². The second kappa shape index (κ2) is 7.78. The number of nitrogens with one attached hydrogen (secondary N) is 1. The normalized spacial score (nSPS) is 12.6. The Morgan fingerprint density at radius 1 is 1.29 bits per heavy atom. The van der Waals surface area contributed by atoms with E-state index >= 15 is 0 Å². The standard InChI is InChI=1S/C14H17NO5S/c1-18-14(17)4-7-21-9-13(16)15-10-2-3-11-12(8-10)20-6-5-19-11/h2-3,8H,4-7,9H2,1H3,(H,15,16). The van der Waals surface area contributed by atoms with E-state index in [4.69, 9.17) is 9.47 Å². The van der Waals surface area contributed by atoms with Crippen molar-refractivity contribution >= 4 is 29.3 Å². The number of hydrogen-bond acceptors (Lipinski definition) is 6. The van der Waals surface area contributed by atoms with Crippen molar-refractivity contribution in [1.29, 1.82) is 0 Å². The predicted molar refractivity (Wildman–Crippen MR) is 80.0 cm³/mol. The number of amides is 1. The highest BCUT2D eigenvalue weighted by Gasteiger charge is 2.12. The SMILES string of the molecule is COC(=O)CCSCC(=O)Nc1ccc2c(c1)OCCO2. The maximum atomic E-state index is 11.8. The Hall–Kier alpha value is -1.89. The summed E-state index contributed by atoms with van der Waals surface area (Å²) in [5.74, 6) is 1.77. The lowest BCUT2D eigenvalue weighted by molar-refractivity contribution is -0.140. The molecule has 2 rings (SSSR count). The van der Waals surface area contributed by atoms with Gasteiger partial charge in [0.2, 0.25) is 5.91 Å². The number of methoxy groups -OCH3 is 1. The van der Waals surface area contributed by atoms with Crippen LogP contribution < -0.4 is 14.8 Å². The number of ether oxygens (including phenoxy) is 3. The van der Waals surface area contributed by atoms with Crippen LogP contribution in [0.3, 0.4) is 0 Å². The van der Waals surface area contributed by atoms with E-state index in [1.807, 2.05) is 0 Å². The van der Waals surface area contributed by atoms with E-state index in [1.165, 1.54) is 18.9 Å². The Labute approximate surface area is 127 Å². The Balaban J connectivity index is 1.76. The first kappa shape index (κ1) is 15.5. The first-order chi connectivity index (χ1) is 10.2. The van der Waals surface area contributed by atoms with Crippen LogP contribution >= 0.6 is 11.8 Å². The fraction of sp³-hybridized carbons (Fsp3) is 0.429. The van der Waals surface area contributed by atoms with Crippen LogP contribution in [0, 0.1) is 0 Å². The summed E-state index contributed by atoms with van der Waals surface area (Å²) in [6.45, 7) is 1.04. The number of thioether (sulfide) groups is 1. The molecule has 1 N–H and O–H groups in total. The van der Waals surface area contributed by atoms with Crippen molar-refractivity contribution in [2.75, 3.05) is 37.1 Å². The molecule has 0 saturated heterocycles. The number of hydrogen-bond donors (Lipinski definition) is 1. The van der Waals surface area contributed by atoms with Crippen molar-refractivity contribution in [3.8, 4) is 11.5 Å². The van der Waals surface area contributed by atoms with E-state index < -0.39 is 0 Å². The third-order valence-electron chi connectivity index (χ3n) is 2.74. The molecule has 1 aromatic rings. The highest BCUT2D eigenvalue weighted by Crippen LogP contribution is 2.32. The smallest absolute Gasteiger partial charge is 0.306 e. The fourth-order valence-corrected chi connectivity index (χ4v) is 2.45. The number of carbonyl (C=O) groups is 2. The number of fused-ring (bicyclic) bond motifs is 1. The van der Waals surface area contributed by atoms with Gasteiger partial charge in [-0.15, -0.1) is 0 Å². The highest BCUT2D eigenvalue weighted by molar-refractivity contribution is 7.99. The molecule has 1 amide bonds. The molecular weight excluding hydrogens is 294 g/mol. The predicted octanol–water partition coefficient (Wildman–Crippen LogP) is 1.69. The minimum Gasteiger partial charge on any atom is -0.486 e. The molecular formula is C14H17NO5S. The van der Waals surface area contributed by atoms with Crippen LogP contribution in [-0.4, -0.2) is 43.7 Å². The first-order valence-electron chi connectivity index (χ1n) is 6.53. The molecule has 0 aromatic heterocycles. The van der Waals surface area contributed by atoms with Crippen LogP contribution in [0.25, 0.3) is 0 Å². The molecule has 0 saturated carbocycles. The molecule has 0 radical (unpaired) electrons. The molecule has 6 nitrogen and oxygen atoms in total. The Bertz CT molecular complexity index is 520. The molecule has 0 bridgehead atoms. The summed E-state index contributed by atoms with van der Waals surface area (Å²) in [7, 11) is 1.35. The molecule has 1 aromatic carbocycles. The quantitative estimate of drug-likeness (QED) is 0.636. The summed E-state index contributed by atoms with van der Waals surface area (Å²) in [6, 6.07) is 5.28. The van der Waals surface area contributed by atoms with Crippen LogP contribution in [0.5, 0.6) is 11.5 Å². The third kappa shape index (κ3) is 4.86. The minimum atomic E-state index is -0.269. The average Bonchev–Trinajstić information content (AvgIpc) is 2.51. The third-order valence-corrected chi connectivity index (χ3v) is 3.70. The van der Waals surface area contributed by atoms with E-state index in [1.54, 1.807) is 18.2 Å².